The summed E-state index contributed by atoms with van der Waals surface area (Å²) in [4.78, 5) is 38.4. The zero-order valence-electron chi connectivity index (χ0n) is 32.4. The SMILES string of the molecule is CO.Cc1cc(C=O)c(O)c(C=O)c1.Cc1cc2c(O)c(c1)C=NCCCN=Cc1cc(C)cc(c1O)C=NCCCN=C2.ClCl.NCCCN.[Cl][Ni][Cl].[Cl][Ni][Cl].[Ni].[Ni]. The van der Waals surface area contributed by atoms with E-state index >= 15 is 0 Å². The number of benzene rings is 3. The summed E-state index contributed by atoms with van der Waals surface area (Å²) in [7, 11) is 28.0. The van der Waals surface area contributed by atoms with Crippen LogP contribution < -0.4 is 11.5 Å². The molecule has 8 N–H and O–H groups in total. The number of carbonyl (C=O) groups excluding carboxylic acids is 2. The molecule has 1 aliphatic rings. The summed E-state index contributed by atoms with van der Waals surface area (Å²) in [6.07, 6.45) is 10.3. The minimum atomic E-state index is -0.245. The number of halogens is 6. The van der Waals surface area contributed by atoms with E-state index in [1.807, 2.05) is 38.1 Å². The molecule has 59 heavy (non-hydrogen) atoms. The molecule has 0 saturated heterocycles. The zero-order chi connectivity index (χ0) is 44.0. The molecule has 0 radical (unpaired) electrons. The summed E-state index contributed by atoms with van der Waals surface area (Å²) >= 11 is 1.14. The van der Waals surface area contributed by atoms with E-state index in [-0.39, 0.29) is 61.4 Å². The number of aryl methyl sites for hydroxylation is 3. The van der Waals surface area contributed by atoms with Crippen molar-refractivity contribution in [2.24, 2.45) is 31.4 Å². The molecule has 3 aromatic rings. The summed E-state index contributed by atoms with van der Waals surface area (Å²) in [5.74, 6) is 0.149. The van der Waals surface area contributed by atoms with E-state index < -0.39 is 0 Å². The predicted molar refractivity (Wildman–Crippen MR) is 234 cm³/mol. The van der Waals surface area contributed by atoms with Gasteiger partial charge in [-0.3, -0.25) is 29.6 Å². The molecule has 4 rings (SSSR count). The van der Waals surface area contributed by atoms with Gasteiger partial charge in [0, 0.05) is 135 Å². The molecule has 12 nitrogen and oxygen atoms in total. The topological polar surface area (TPSA) is 217 Å². The van der Waals surface area contributed by atoms with Gasteiger partial charge in [-0.15, -0.1) is 0 Å². The minimum absolute atomic E-state index is 0. The van der Waals surface area contributed by atoms with E-state index in [4.69, 9.17) is 57.4 Å². The van der Waals surface area contributed by atoms with Gasteiger partial charge in [0.25, 0.3) is 0 Å². The van der Waals surface area contributed by atoms with Crippen molar-refractivity contribution in [2.75, 3.05) is 46.4 Å². The van der Waals surface area contributed by atoms with E-state index in [1.165, 1.54) is 12.1 Å². The molecule has 1 aliphatic heterocycles. The molecule has 0 unspecified atom stereocenters. The first-order valence-corrected chi connectivity index (χ1v) is 23.1. The second kappa shape index (κ2) is 46.2. The summed E-state index contributed by atoms with van der Waals surface area (Å²) < 4.78 is 0. The molecule has 0 atom stereocenters. The van der Waals surface area contributed by atoms with Gasteiger partial charge < -0.3 is 31.9 Å². The van der Waals surface area contributed by atoms with Gasteiger partial charge in [-0.1, -0.05) is 0 Å². The molecule has 0 spiro atoms. The van der Waals surface area contributed by atoms with E-state index in [9.17, 15) is 24.9 Å². The van der Waals surface area contributed by atoms with E-state index in [0.717, 1.165) is 56.2 Å². The van der Waals surface area contributed by atoms with Crippen molar-refractivity contribution < 1.29 is 88.3 Å². The van der Waals surface area contributed by atoms with Gasteiger partial charge >= 0.3 is 66.1 Å². The summed E-state index contributed by atoms with van der Waals surface area (Å²) in [5, 5.41) is 37.3. The Labute approximate surface area is 406 Å². The number of aliphatic imine (C=N–C) groups is 4. The van der Waals surface area contributed by atoms with Crippen LogP contribution in [0.5, 0.6) is 17.2 Å². The number of fused-ring (bicyclic) bond motifs is 4. The number of hydrogen-bond acceptors (Lipinski definition) is 12. The third-order valence-corrected chi connectivity index (χ3v) is 6.67. The van der Waals surface area contributed by atoms with Crippen LogP contribution in [0, 0.1) is 20.8 Å². The normalized spacial score (nSPS) is 11.3. The van der Waals surface area contributed by atoms with Gasteiger partial charge in [0.1, 0.15) is 17.2 Å². The van der Waals surface area contributed by atoms with Crippen molar-refractivity contribution in [3.05, 3.63) is 86.5 Å². The molecule has 0 aliphatic carbocycles. The third-order valence-electron chi connectivity index (χ3n) is 6.67. The number of nitrogens with two attached hydrogens (primary N) is 2. The monoisotopic (exact) mass is 1120 g/mol. The summed E-state index contributed by atoms with van der Waals surface area (Å²) in [6, 6.07) is 10.7. The van der Waals surface area contributed by atoms with Crippen LogP contribution in [0.3, 0.4) is 0 Å². The number of aromatic hydroxyl groups is 3. The Balaban J connectivity index is -0.000000277. The van der Waals surface area contributed by atoms with E-state index in [0.29, 0.717) is 86.3 Å². The number of phenolic OH excluding ortho intramolecular Hbond substituents is 3. The van der Waals surface area contributed by atoms with Crippen molar-refractivity contribution in [3.8, 4) is 17.2 Å². The average Bonchev–Trinajstić information content (AvgIpc) is 3.20. The largest absolute Gasteiger partial charge is 0 e. The van der Waals surface area contributed by atoms with E-state index in [2.05, 4.69) is 41.7 Å². The smallest absolute Gasteiger partial charge is 0 e. The number of nitrogens with zero attached hydrogens (tertiary/aromatic N) is 4. The van der Waals surface area contributed by atoms with Crippen molar-refractivity contribution in [1.82, 2.24) is 0 Å². The average molecular weight is 1120 g/mol. The molecule has 4 bridgehead atoms. The van der Waals surface area contributed by atoms with Crippen LogP contribution in [0.2, 0.25) is 0 Å². The molecule has 0 amide bonds. The van der Waals surface area contributed by atoms with Crippen LogP contribution in [0.4, 0.5) is 0 Å². The number of aliphatic hydroxyl groups excluding tert-OH is 1. The van der Waals surface area contributed by atoms with Gasteiger partial charge in [-0.25, -0.2) is 0 Å². The van der Waals surface area contributed by atoms with E-state index in [1.54, 1.807) is 31.8 Å². The Morgan fingerprint density at radius 2 is 0.797 bits per heavy atom. The fourth-order valence-electron chi connectivity index (χ4n) is 4.36. The van der Waals surface area contributed by atoms with Crippen molar-refractivity contribution >= 4 is 99.9 Å². The molecule has 0 aromatic heterocycles. The molecular weight excluding hydrogens is 1070 g/mol. The second-order valence-corrected chi connectivity index (χ2v) is 14.2. The van der Waals surface area contributed by atoms with Crippen LogP contribution in [0.15, 0.2) is 56.4 Å². The molecule has 1 heterocycles. The van der Waals surface area contributed by atoms with Crippen molar-refractivity contribution in [2.45, 2.75) is 40.0 Å². The maximum Gasteiger partial charge on any atom is 0 e. The van der Waals surface area contributed by atoms with Crippen LogP contribution >= 0.6 is 62.5 Å². The third kappa shape index (κ3) is 32.1. The number of aliphatic hydroxyl groups is 1. The number of hydrogen-bond donors (Lipinski definition) is 6. The maximum absolute atomic E-state index is 10.5. The fraction of sp³-hybridized carbons (Fsp3) is 0.351. The molecule has 346 valence electrons. The number of phenols is 3. The maximum atomic E-state index is 10.5. The van der Waals surface area contributed by atoms with Crippen LogP contribution in [0.25, 0.3) is 0 Å². The van der Waals surface area contributed by atoms with Gasteiger partial charge in [-0.05, 0) is 106 Å². The molecule has 0 saturated carbocycles. The molecule has 0 fully saturated rings. The van der Waals surface area contributed by atoms with Crippen LogP contribution in [0.1, 0.15) is 78.9 Å². The van der Waals surface area contributed by atoms with Crippen molar-refractivity contribution in [1.29, 1.82) is 0 Å². The second-order valence-electron chi connectivity index (χ2n) is 11.0. The molecule has 22 heteroatoms. The zero-order valence-corrected chi connectivity index (χ0v) is 40.9. The fourth-order valence-corrected chi connectivity index (χ4v) is 4.36. The first-order chi connectivity index (χ1) is 27.5. The summed E-state index contributed by atoms with van der Waals surface area (Å²) in [6.45, 7) is 9.57. The Hall–Kier alpha value is -1.33. The summed E-state index contributed by atoms with van der Waals surface area (Å²) in [5.41, 5.74) is 16.0. The predicted octanol–water partition coefficient (Wildman–Crippen LogP) is 8.24. The van der Waals surface area contributed by atoms with Gasteiger partial charge in [-0.2, -0.15) is 0 Å². The standard InChI is InChI=1S/C24H28N4O2.C9H8O3.C3H10N2.CH4O.Cl2.4ClH.4Ni/c1-17-9-19-13-25-5-3-7-27-15-21-11-18(2)12-22(24(21)30)16-28-8-4-6-26-14-20(10-17)23(19)29;1-6-2-7(4-10)9(12)8(3-6)5-11;4-2-1-3-5;2*1-2;;;;;;;;/h9-16,29-30H,3-8H2,1-2H3;2-5,12H,1H3;1-5H2;2H,1H3;;4*1H;;;;/q;;;;;;;;;;;2*+2/p-4. The first kappa shape index (κ1) is 66.8. The number of aldehydes is 2. The van der Waals surface area contributed by atoms with Gasteiger partial charge in [0.05, 0.1) is 11.1 Å². The van der Waals surface area contributed by atoms with Gasteiger partial charge in [0.15, 0.2) is 12.6 Å². The molecular formula is C37H50Cl6N6Ni4O6. The Morgan fingerprint density at radius 1 is 0.559 bits per heavy atom. The Morgan fingerprint density at radius 3 is 1.00 bits per heavy atom. The van der Waals surface area contributed by atoms with Crippen molar-refractivity contribution in [3.63, 3.8) is 0 Å². The Bertz CT molecular complexity index is 1500. The van der Waals surface area contributed by atoms with Gasteiger partial charge in [0.2, 0.25) is 0 Å². The number of rotatable bonds is 4. The minimum Gasteiger partial charge on any atom is 0 e. The first-order valence-electron chi connectivity index (χ1n) is 16.5. The number of carbonyl (C=O) groups is 2. The van der Waals surface area contributed by atoms with Crippen LogP contribution in [-0.2, 0) is 58.3 Å². The Kier molecular flexibility index (Phi) is 52.3. The molecule has 3 aromatic carbocycles. The quantitative estimate of drug-likeness (QED) is 0.110. The van der Waals surface area contributed by atoms with Crippen LogP contribution in [-0.4, -0.2) is 104 Å².